The second-order valence-corrected chi connectivity index (χ2v) is 8.25. The Bertz CT molecular complexity index is 681. The minimum absolute atomic E-state index is 0.114. The van der Waals surface area contributed by atoms with Gasteiger partial charge in [-0.2, -0.15) is 0 Å². The number of nitrogens with zero attached hydrogens (tertiary/aromatic N) is 1. The van der Waals surface area contributed by atoms with Crippen LogP contribution in [0.15, 0.2) is 35.3 Å². The highest BCUT2D eigenvalue weighted by atomic mass is 16.6. The van der Waals surface area contributed by atoms with E-state index in [-0.39, 0.29) is 5.91 Å². The third kappa shape index (κ3) is 11.0. The molecule has 0 unspecified atom stereocenters. The predicted molar refractivity (Wildman–Crippen MR) is 116 cm³/mol. The van der Waals surface area contributed by atoms with Gasteiger partial charge >= 0.3 is 6.09 Å². The zero-order valence-corrected chi connectivity index (χ0v) is 18.4. The number of rotatable bonds is 8. The molecule has 0 spiro atoms. The topological polar surface area (TPSA) is 104 Å². The average Bonchev–Trinajstić information content (AvgIpc) is 2.61. The Morgan fingerprint density at radius 1 is 0.966 bits per heavy atom. The van der Waals surface area contributed by atoms with E-state index in [1.54, 1.807) is 12.1 Å². The first-order chi connectivity index (χ1) is 13.5. The molecule has 29 heavy (non-hydrogen) atoms. The van der Waals surface area contributed by atoms with Gasteiger partial charge in [-0.25, -0.2) is 4.79 Å². The van der Waals surface area contributed by atoms with Crippen LogP contribution < -0.4 is 21.3 Å². The highest BCUT2D eigenvalue weighted by Crippen LogP contribution is 2.09. The van der Waals surface area contributed by atoms with E-state index in [0.717, 1.165) is 0 Å². The third-order valence-corrected chi connectivity index (χ3v) is 3.55. The maximum Gasteiger partial charge on any atom is 0.408 e. The van der Waals surface area contributed by atoms with Crippen molar-refractivity contribution >= 4 is 18.0 Å². The summed E-state index contributed by atoms with van der Waals surface area (Å²) in [5.41, 5.74) is -0.501. The zero-order chi connectivity index (χ0) is 21.9. The lowest BCUT2D eigenvalue weighted by Gasteiger charge is -2.27. The maximum atomic E-state index is 12.0. The van der Waals surface area contributed by atoms with Crippen LogP contribution in [0.25, 0.3) is 0 Å². The number of benzene rings is 1. The number of guanidine groups is 1. The molecule has 1 aromatic rings. The molecule has 0 radical (unpaired) electrons. The molecule has 0 aliphatic heterocycles. The van der Waals surface area contributed by atoms with Crippen molar-refractivity contribution in [3.63, 3.8) is 0 Å². The molecule has 0 saturated heterocycles. The smallest absolute Gasteiger partial charge is 0.408 e. The van der Waals surface area contributed by atoms with Crippen molar-refractivity contribution in [3.05, 3.63) is 35.9 Å². The summed E-state index contributed by atoms with van der Waals surface area (Å²) >= 11 is 0. The van der Waals surface area contributed by atoms with Crippen molar-refractivity contribution in [1.29, 1.82) is 0 Å². The van der Waals surface area contributed by atoms with Crippen molar-refractivity contribution in [2.45, 2.75) is 52.7 Å². The van der Waals surface area contributed by atoms with Gasteiger partial charge in [-0.1, -0.05) is 18.2 Å². The van der Waals surface area contributed by atoms with E-state index < -0.39 is 17.2 Å². The van der Waals surface area contributed by atoms with E-state index in [1.807, 2.05) is 59.7 Å². The van der Waals surface area contributed by atoms with Crippen LogP contribution in [0.4, 0.5) is 4.79 Å². The summed E-state index contributed by atoms with van der Waals surface area (Å²) in [6.07, 6.45) is -0.473. The quantitative estimate of drug-likeness (QED) is 0.302. The van der Waals surface area contributed by atoms with E-state index in [9.17, 15) is 9.59 Å². The Morgan fingerprint density at radius 2 is 1.59 bits per heavy atom. The first-order valence-electron chi connectivity index (χ1n) is 9.89. The molecule has 8 heteroatoms. The number of amides is 2. The first kappa shape index (κ1) is 24.3. The van der Waals surface area contributed by atoms with Crippen molar-refractivity contribution in [3.8, 4) is 0 Å². The lowest BCUT2D eigenvalue weighted by Crippen LogP contribution is -2.49. The number of nitrogens with one attached hydrogen (secondary N) is 4. The molecule has 0 aliphatic carbocycles. The average molecular weight is 406 g/mol. The Morgan fingerprint density at radius 3 is 2.17 bits per heavy atom. The van der Waals surface area contributed by atoms with E-state index in [1.165, 1.54) is 0 Å². The molecule has 0 atom stereocenters. The van der Waals surface area contributed by atoms with Crippen LogP contribution in [0.1, 0.15) is 51.9 Å². The molecule has 8 nitrogen and oxygen atoms in total. The highest BCUT2D eigenvalue weighted by molar-refractivity contribution is 5.94. The molecule has 0 heterocycles. The molecule has 162 valence electrons. The van der Waals surface area contributed by atoms with Crippen LogP contribution in [0.5, 0.6) is 0 Å². The predicted octanol–water partition coefficient (Wildman–Crippen LogP) is 2.27. The number of carbonyl (C=O) groups is 2. The maximum absolute atomic E-state index is 12.0. The largest absolute Gasteiger partial charge is 0.444 e. The summed E-state index contributed by atoms with van der Waals surface area (Å²) < 4.78 is 5.30. The van der Waals surface area contributed by atoms with Gasteiger partial charge in [0.25, 0.3) is 5.91 Å². The summed E-state index contributed by atoms with van der Waals surface area (Å²) in [5, 5.41) is 12.0. The van der Waals surface area contributed by atoms with Crippen LogP contribution in [-0.4, -0.2) is 55.3 Å². The van der Waals surface area contributed by atoms with Gasteiger partial charge in [0.1, 0.15) is 5.60 Å². The Kier molecular flexibility index (Phi) is 9.44. The van der Waals surface area contributed by atoms with Crippen LogP contribution in [0, 0.1) is 0 Å². The van der Waals surface area contributed by atoms with Gasteiger partial charge in [0, 0.05) is 25.2 Å². The lowest BCUT2D eigenvalue weighted by molar-refractivity contribution is 0.0476. The number of hydrogen-bond donors (Lipinski definition) is 4. The number of hydrogen-bond acceptors (Lipinski definition) is 4. The summed E-state index contributed by atoms with van der Waals surface area (Å²) in [5.74, 6) is 0.498. The second-order valence-electron chi connectivity index (χ2n) is 8.25. The molecular formula is C21H35N5O3. The number of aliphatic imine (C=N–C) groups is 1. The van der Waals surface area contributed by atoms with Crippen LogP contribution in [0.2, 0.25) is 0 Å². The minimum Gasteiger partial charge on any atom is -0.444 e. The van der Waals surface area contributed by atoms with Crippen molar-refractivity contribution in [2.24, 2.45) is 4.99 Å². The van der Waals surface area contributed by atoms with Gasteiger partial charge in [0.05, 0.1) is 12.1 Å². The summed E-state index contributed by atoms with van der Waals surface area (Å²) in [6, 6.07) is 9.07. The van der Waals surface area contributed by atoms with Gasteiger partial charge < -0.3 is 26.0 Å². The molecule has 0 saturated carbocycles. The van der Waals surface area contributed by atoms with Crippen LogP contribution in [0.3, 0.4) is 0 Å². The molecule has 1 rings (SSSR count). The van der Waals surface area contributed by atoms with Gasteiger partial charge in [-0.3, -0.25) is 9.79 Å². The Labute approximate surface area is 173 Å². The van der Waals surface area contributed by atoms with E-state index in [4.69, 9.17) is 4.74 Å². The number of alkyl carbamates (subject to hydrolysis) is 1. The fraction of sp³-hybridized carbons (Fsp3) is 0.571. The molecule has 0 aromatic heterocycles. The molecule has 2 amide bonds. The normalized spacial score (nSPS) is 12.1. The summed E-state index contributed by atoms with van der Waals surface area (Å²) in [6.45, 7) is 13.2. The van der Waals surface area contributed by atoms with E-state index >= 15 is 0 Å². The number of ether oxygens (including phenoxy) is 1. The van der Waals surface area contributed by atoms with Gasteiger partial charge in [0.15, 0.2) is 5.96 Å². The lowest BCUT2D eigenvalue weighted by atomic mass is 10.1. The minimum atomic E-state index is -0.577. The fourth-order valence-electron chi connectivity index (χ4n) is 2.29. The van der Waals surface area contributed by atoms with E-state index in [2.05, 4.69) is 26.3 Å². The molecule has 1 aromatic carbocycles. The molecule has 4 N–H and O–H groups in total. The molecule has 0 bridgehead atoms. The number of carbonyl (C=O) groups excluding carboxylic acids is 2. The van der Waals surface area contributed by atoms with Gasteiger partial charge in [0.2, 0.25) is 0 Å². The molecule has 0 fully saturated rings. The van der Waals surface area contributed by atoms with Crippen LogP contribution in [-0.2, 0) is 4.74 Å². The second kappa shape index (κ2) is 11.3. The monoisotopic (exact) mass is 405 g/mol. The summed E-state index contributed by atoms with van der Waals surface area (Å²) in [4.78, 5) is 28.5. The van der Waals surface area contributed by atoms with Crippen molar-refractivity contribution in [1.82, 2.24) is 21.3 Å². The first-order valence-corrected chi connectivity index (χ1v) is 9.89. The zero-order valence-electron chi connectivity index (χ0n) is 18.4. The Hall–Kier alpha value is -2.77. The highest BCUT2D eigenvalue weighted by Gasteiger charge is 2.24. The molecular weight excluding hydrogens is 370 g/mol. The summed E-state index contributed by atoms with van der Waals surface area (Å²) in [7, 11) is 0. The van der Waals surface area contributed by atoms with Gasteiger partial charge in [-0.05, 0) is 53.7 Å². The van der Waals surface area contributed by atoms with Crippen LogP contribution >= 0.6 is 0 Å². The van der Waals surface area contributed by atoms with Crippen molar-refractivity contribution < 1.29 is 14.3 Å². The van der Waals surface area contributed by atoms with Crippen molar-refractivity contribution in [2.75, 3.05) is 26.2 Å². The van der Waals surface area contributed by atoms with E-state index in [0.29, 0.717) is 37.7 Å². The Balaban J connectivity index is 2.48. The third-order valence-electron chi connectivity index (χ3n) is 3.55. The fourth-order valence-corrected chi connectivity index (χ4v) is 2.29. The standard InChI is InChI=1S/C21H35N5O3/c1-7-22-18(24-14-13-23-17(27)16-11-9-8-10-12-16)25-15-21(5,6)26-19(28)29-20(2,3)4/h8-12H,7,13-15H2,1-6H3,(H,23,27)(H,26,28)(H2,22,24,25). The molecule has 0 aliphatic rings. The SMILES string of the molecule is CCNC(=NCC(C)(C)NC(=O)OC(C)(C)C)NCCNC(=O)c1ccccc1. The van der Waals surface area contributed by atoms with Gasteiger partial charge in [-0.15, -0.1) is 0 Å².